The number of amides is 1. The van der Waals surface area contributed by atoms with Gasteiger partial charge in [0.1, 0.15) is 0 Å². The van der Waals surface area contributed by atoms with Gasteiger partial charge in [-0.05, 0) is 18.2 Å². The van der Waals surface area contributed by atoms with Crippen molar-refractivity contribution in [2.24, 2.45) is 0 Å². The molecular weight excluding hydrogens is 244 g/mol. The smallest absolute Gasteiger partial charge is 0.256 e. The van der Waals surface area contributed by atoms with Crippen LogP contribution in [-0.4, -0.2) is 30.0 Å². The highest BCUT2D eigenvalue weighted by Gasteiger charge is 2.11. The van der Waals surface area contributed by atoms with Crippen LogP contribution in [0.1, 0.15) is 10.4 Å². The lowest BCUT2D eigenvalue weighted by atomic mass is 10.2. The number of pyridine rings is 2. The second-order valence-corrected chi connectivity index (χ2v) is 4.16. The van der Waals surface area contributed by atoms with Crippen molar-refractivity contribution in [3.05, 3.63) is 52.6 Å². The van der Waals surface area contributed by atoms with Crippen molar-refractivity contribution in [1.82, 2.24) is 9.97 Å². The number of nitrogens with zero attached hydrogens (tertiary/aromatic N) is 2. The van der Waals surface area contributed by atoms with E-state index in [0.717, 1.165) is 0 Å². The lowest BCUT2D eigenvalue weighted by Gasteiger charge is -2.16. The van der Waals surface area contributed by atoms with E-state index in [4.69, 9.17) is 0 Å². The topological polar surface area (TPSA) is 78.1 Å². The first kappa shape index (κ1) is 12.8. The van der Waals surface area contributed by atoms with Gasteiger partial charge >= 0.3 is 0 Å². The Hall–Kier alpha value is -2.63. The fourth-order valence-corrected chi connectivity index (χ4v) is 1.63. The summed E-state index contributed by atoms with van der Waals surface area (Å²) in [5.74, 6) is 0.308. The molecule has 0 unspecified atom stereocenters. The Balaban J connectivity index is 2.27. The molecule has 2 rings (SSSR count). The van der Waals surface area contributed by atoms with Crippen LogP contribution in [0, 0.1) is 0 Å². The highest BCUT2D eigenvalue weighted by atomic mass is 16.2. The minimum atomic E-state index is -0.345. The molecule has 2 N–H and O–H groups in total. The molecule has 6 heteroatoms. The van der Waals surface area contributed by atoms with Crippen molar-refractivity contribution in [2.45, 2.75) is 0 Å². The summed E-state index contributed by atoms with van der Waals surface area (Å²) in [4.78, 5) is 31.6. The summed E-state index contributed by atoms with van der Waals surface area (Å²) in [6.45, 7) is 0. The minimum Gasteiger partial charge on any atom is -0.361 e. The van der Waals surface area contributed by atoms with Crippen LogP contribution in [-0.2, 0) is 0 Å². The number of nitrogens with one attached hydrogen (secondary N) is 2. The molecule has 0 spiro atoms. The molecule has 0 aliphatic carbocycles. The molecule has 0 radical (unpaired) electrons. The SMILES string of the molecule is CN(C)c1ncccc1NC(=O)c1cc[nH]c(=O)c1. The van der Waals surface area contributed by atoms with Gasteiger partial charge in [0, 0.05) is 38.1 Å². The van der Waals surface area contributed by atoms with Gasteiger partial charge in [0.15, 0.2) is 5.82 Å². The fourth-order valence-electron chi connectivity index (χ4n) is 1.63. The van der Waals surface area contributed by atoms with Crippen molar-refractivity contribution in [3.8, 4) is 0 Å². The third-order valence-corrected chi connectivity index (χ3v) is 2.50. The van der Waals surface area contributed by atoms with Gasteiger partial charge in [0.05, 0.1) is 5.69 Å². The van der Waals surface area contributed by atoms with Crippen LogP contribution < -0.4 is 15.8 Å². The monoisotopic (exact) mass is 258 g/mol. The van der Waals surface area contributed by atoms with E-state index in [9.17, 15) is 9.59 Å². The first-order valence-electron chi connectivity index (χ1n) is 5.70. The zero-order chi connectivity index (χ0) is 13.8. The van der Waals surface area contributed by atoms with Crippen molar-refractivity contribution in [3.63, 3.8) is 0 Å². The number of carbonyl (C=O) groups excluding carboxylic acids is 1. The molecule has 6 nitrogen and oxygen atoms in total. The van der Waals surface area contributed by atoms with Gasteiger partial charge in [-0.1, -0.05) is 0 Å². The number of hydrogen-bond donors (Lipinski definition) is 2. The number of hydrogen-bond acceptors (Lipinski definition) is 4. The highest BCUT2D eigenvalue weighted by Crippen LogP contribution is 2.20. The number of aromatic amines is 1. The van der Waals surface area contributed by atoms with Gasteiger partial charge in [0.25, 0.3) is 5.91 Å². The average molecular weight is 258 g/mol. The van der Waals surface area contributed by atoms with Crippen LogP contribution >= 0.6 is 0 Å². The average Bonchev–Trinajstić information content (AvgIpc) is 2.39. The summed E-state index contributed by atoms with van der Waals surface area (Å²) in [6, 6.07) is 6.29. The van der Waals surface area contributed by atoms with Gasteiger partial charge < -0.3 is 15.2 Å². The molecule has 2 heterocycles. The maximum atomic E-state index is 12.0. The lowest BCUT2D eigenvalue weighted by molar-refractivity contribution is 0.102. The highest BCUT2D eigenvalue weighted by molar-refractivity contribution is 6.05. The maximum Gasteiger partial charge on any atom is 0.256 e. The van der Waals surface area contributed by atoms with Crippen molar-refractivity contribution in [2.75, 3.05) is 24.3 Å². The van der Waals surface area contributed by atoms with Crippen molar-refractivity contribution >= 4 is 17.4 Å². The van der Waals surface area contributed by atoms with E-state index in [1.807, 2.05) is 14.1 Å². The second kappa shape index (κ2) is 5.34. The Morgan fingerprint density at radius 2 is 2.16 bits per heavy atom. The van der Waals surface area contributed by atoms with Crippen molar-refractivity contribution < 1.29 is 4.79 Å². The normalized spacial score (nSPS) is 10.0. The number of rotatable bonds is 3. The summed E-state index contributed by atoms with van der Waals surface area (Å²) in [7, 11) is 3.68. The molecule has 0 aromatic carbocycles. The van der Waals surface area contributed by atoms with E-state index in [1.165, 1.54) is 12.3 Å². The molecule has 1 amide bonds. The van der Waals surface area contributed by atoms with Crippen LogP contribution in [0.15, 0.2) is 41.5 Å². The number of anilines is 2. The quantitative estimate of drug-likeness (QED) is 0.863. The summed E-state index contributed by atoms with van der Waals surface area (Å²) >= 11 is 0. The third-order valence-electron chi connectivity index (χ3n) is 2.50. The number of aromatic nitrogens is 2. The van der Waals surface area contributed by atoms with Crippen LogP contribution in [0.5, 0.6) is 0 Å². The molecule has 0 fully saturated rings. The first-order valence-corrected chi connectivity index (χ1v) is 5.70. The molecule has 19 heavy (non-hydrogen) atoms. The van der Waals surface area contributed by atoms with Crippen LogP contribution in [0.3, 0.4) is 0 Å². The molecule has 0 bridgehead atoms. The Kier molecular flexibility index (Phi) is 3.61. The Labute approximate surface area is 110 Å². The lowest BCUT2D eigenvalue weighted by Crippen LogP contribution is -2.19. The van der Waals surface area contributed by atoms with Crippen LogP contribution in [0.4, 0.5) is 11.5 Å². The van der Waals surface area contributed by atoms with E-state index in [1.54, 1.807) is 29.3 Å². The molecule has 0 aliphatic rings. The molecule has 98 valence electrons. The Bertz CT molecular complexity index is 649. The Morgan fingerprint density at radius 1 is 1.37 bits per heavy atom. The van der Waals surface area contributed by atoms with Crippen LogP contribution in [0.2, 0.25) is 0 Å². The van der Waals surface area contributed by atoms with Gasteiger partial charge in [-0.15, -0.1) is 0 Å². The zero-order valence-corrected chi connectivity index (χ0v) is 10.7. The van der Waals surface area contributed by atoms with Crippen LogP contribution in [0.25, 0.3) is 0 Å². The summed E-state index contributed by atoms with van der Waals surface area (Å²) in [6.07, 6.45) is 3.09. The van der Waals surface area contributed by atoms with E-state index in [2.05, 4.69) is 15.3 Å². The predicted octanol–water partition coefficient (Wildman–Crippen LogP) is 1.09. The minimum absolute atomic E-state index is 0.303. The van der Waals surface area contributed by atoms with E-state index in [-0.39, 0.29) is 11.5 Å². The molecule has 2 aromatic heterocycles. The largest absolute Gasteiger partial charge is 0.361 e. The maximum absolute atomic E-state index is 12.0. The van der Waals surface area contributed by atoms with Gasteiger partial charge in [-0.25, -0.2) is 4.98 Å². The van der Waals surface area contributed by atoms with Crippen molar-refractivity contribution in [1.29, 1.82) is 0 Å². The first-order chi connectivity index (χ1) is 9.08. The Morgan fingerprint density at radius 3 is 2.84 bits per heavy atom. The standard InChI is InChI=1S/C13H14N4O2/c1-17(2)12-10(4-3-6-15-12)16-13(19)9-5-7-14-11(18)8-9/h3-8H,1-2H3,(H,14,18)(H,16,19). The second-order valence-electron chi connectivity index (χ2n) is 4.16. The molecule has 0 atom stereocenters. The number of H-pyrrole nitrogens is 1. The summed E-state index contributed by atoms with van der Waals surface area (Å²) in [5.41, 5.74) is 0.585. The molecule has 2 aromatic rings. The summed E-state index contributed by atoms with van der Waals surface area (Å²) < 4.78 is 0. The summed E-state index contributed by atoms with van der Waals surface area (Å²) in [5, 5.41) is 2.74. The van der Waals surface area contributed by atoms with Gasteiger partial charge in [0.2, 0.25) is 5.56 Å². The molecule has 0 aliphatic heterocycles. The van der Waals surface area contributed by atoms with E-state index < -0.39 is 0 Å². The van der Waals surface area contributed by atoms with Gasteiger partial charge in [-0.2, -0.15) is 0 Å². The van der Waals surface area contributed by atoms with Gasteiger partial charge in [-0.3, -0.25) is 9.59 Å². The third kappa shape index (κ3) is 2.98. The van der Waals surface area contributed by atoms with E-state index in [0.29, 0.717) is 17.1 Å². The number of carbonyl (C=O) groups is 1. The molecule has 0 saturated heterocycles. The predicted molar refractivity (Wildman–Crippen MR) is 73.6 cm³/mol. The fraction of sp³-hybridized carbons (Fsp3) is 0.154. The van der Waals surface area contributed by atoms with E-state index >= 15 is 0 Å². The zero-order valence-electron chi connectivity index (χ0n) is 10.7. The molecular formula is C13H14N4O2. The molecule has 0 saturated carbocycles.